The first-order valence-corrected chi connectivity index (χ1v) is 8.59. The molecule has 0 aliphatic carbocycles. The fourth-order valence-corrected chi connectivity index (χ4v) is 3.01. The van der Waals surface area contributed by atoms with Crippen LogP contribution < -0.4 is 5.32 Å². The first-order chi connectivity index (χ1) is 12.5. The van der Waals surface area contributed by atoms with Crippen molar-refractivity contribution in [2.24, 2.45) is 0 Å². The molecule has 5 nitrogen and oxygen atoms in total. The number of aryl methyl sites for hydroxylation is 2. The summed E-state index contributed by atoms with van der Waals surface area (Å²) < 4.78 is 1.73. The first-order valence-electron chi connectivity index (χ1n) is 8.21. The SMILES string of the molecule is Cc1cc(C)c(NC(=O)/C=C/c2cn(Cc3ccccc3)nn2)c(Cl)c1. The van der Waals surface area contributed by atoms with E-state index < -0.39 is 0 Å². The Kier molecular flexibility index (Phi) is 5.49. The van der Waals surface area contributed by atoms with Gasteiger partial charge in [0.2, 0.25) is 5.91 Å². The molecule has 0 saturated heterocycles. The van der Waals surface area contributed by atoms with Crippen molar-refractivity contribution >= 4 is 29.3 Å². The van der Waals surface area contributed by atoms with Gasteiger partial charge in [-0.15, -0.1) is 5.10 Å². The van der Waals surface area contributed by atoms with Crippen LogP contribution in [0.2, 0.25) is 5.02 Å². The highest BCUT2D eigenvalue weighted by molar-refractivity contribution is 6.34. The van der Waals surface area contributed by atoms with E-state index in [0.717, 1.165) is 16.7 Å². The molecule has 2 aromatic carbocycles. The van der Waals surface area contributed by atoms with Crippen LogP contribution in [0.1, 0.15) is 22.4 Å². The number of carbonyl (C=O) groups is 1. The van der Waals surface area contributed by atoms with Crippen molar-refractivity contribution in [2.75, 3.05) is 5.32 Å². The van der Waals surface area contributed by atoms with Crippen molar-refractivity contribution in [2.45, 2.75) is 20.4 Å². The summed E-state index contributed by atoms with van der Waals surface area (Å²) in [6.07, 6.45) is 4.84. The second-order valence-electron chi connectivity index (χ2n) is 6.09. The van der Waals surface area contributed by atoms with Crippen molar-refractivity contribution in [3.05, 3.63) is 82.1 Å². The minimum Gasteiger partial charge on any atom is -0.321 e. The van der Waals surface area contributed by atoms with Crippen molar-refractivity contribution in [1.29, 1.82) is 0 Å². The van der Waals surface area contributed by atoms with Gasteiger partial charge in [0.15, 0.2) is 0 Å². The van der Waals surface area contributed by atoms with Gasteiger partial charge in [-0.1, -0.05) is 53.2 Å². The highest BCUT2D eigenvalue weighted by atomic mass is 35.5. The topological polar surface area (TPSA) is 59.8 Å². The molecule has 0 radical (unpaired) electrons. The number of aromatic nitrogens is 3. The Balaban J connectivity index is 1.64. The fourth-order valence-electron chi connectivity index (χ4n) is 2.64. The number of hydrogen-bond donors (Lipinski definition) is 1. The Morgan fingerprint density at radius 1 is 1.23 bits per heavy atom. The largest absolute Gasteiger partial charge is 0.321 e. The highest BCUT2D eigenvalue weighted by Gasteiger charge is 2.08. The molecule has 0 fully saturated rings. The summed E-state index contributed by atoms with van der Waals surface area (Å²) in [5.74, 6) is -0.267. The number of rotatable bonds is 5. The van der Waals surface area contributed by atoms with Crippen LogP contribution in [0.5, 0.6) is 0 Å². The number of benzene rings is 2. The maximum absolute atomic E-state index is 12.2. The van der Waals surface area contributed by atoms with E-state index in [2.05, 4.69) is 15.6 Å². The molecular formula is C20H19ClN4O. The summed E-state index contributed by atoms with van der Waals surface area (Å²) in [5, 5.41) is 11.5. The molecule has 1 amide bonds. The number of nitrogens with one attached hydrogen (secondary N) is 1. The zero-order chi connectivity index (χ0) is 18.5. The monoisotopic (exact) mass is 366 g/mol. The number of amides is 1. The predicted octanol–water partition coefficient (Wildman–Crippen LogP) is 4.25. The minimum atomic E-state index is -0.267. The fraction of sp³-hybridized carbons (Fsp3) is 0.150. The third kappa shape index (κ3) is 4.58. The van der Waals surface area contributed by atoms with Crippen molar-refractivity contribution in [3.63, 3.8) is 0 Å². The molecule has 0 aliphatic heterocycles. The molecule has 0 unspecified atom stereocenters. The number of hydrogen-bond acceptors (Lipinski definition) is 3. The highest BCUT2D eigenvalue weighted by Crippen LogP contribution is 2.27. The third-order valence-corrected chi connectivity index (χ3v) is 4.13. The Labute approximate surface area is 157 Å². The van der Waals surface area contributed by atoms with Crippen molar-refractivity contribution in [3.8, 4) is 0 Å². The lowest BCUT2D eigenvalue weighted by atomic mass is 10.1. The van der Waals surface area contributed by atoms with Crippen LogP contribution in [-0.4, -0.2) is 20.9 Å². The molecule has 0 bridgehead atoms. The number of carbonyl (C=O) groups excluding carboxylic acids is 1. The maximum Gasteiger partial charge on any atom is 0.248 e. The van der Waals surface area contributed by atoms with Crippen LogP contribution >= 0.6 is 11.6 Å². The smallest absolute Gasteiger partial charge is 0.248 e. The number of halogens is 1. The van der Waals surface area contributed by atoms with Crippen LogP contribution in [0, 0.1) is 13.8 Å². The van der Waals surface area contributed by atoms with E-state index in [-0.39, 0.29) is 5.91 Å². The summed E-state index contributed by atoms with van der Waals surface area (Å²) in [4.78, 5) is 12.2. The van der Waals surface area contributed by atoms with E-state index in [9.17, 15) is 4.79 Å². The van der Waals surface area contributed by atoms with E-state index in [0.29, 0.717) is 22.9 Å². The van der Waals surface area contributed by atoms with Crippen LogP contribution in [0.25, 0.3) is 6.08 Å². The van der Waals surface area contributed by atoms with Gasteiger partial charge in [-0.25, -0.2) is 4.68 Å². The van der Waals surface area contributed by atoms with Crippen molar-refractivity contribution < 1.29 is 4.79 Å². The standard InChI is InChI=1S/C20H19ClN4O/c1-14-10-15(2)20(18(21)11-14)22-19(26)9-8-17-13-25(24-23-17)12-16-6-4-3-5-7-16/h3-11,13H,12H2,1-2H3,(H,22,26)/b9-8+. The van der Waals surface area contributed by atoms with Gasteiger partial charge in [-0.05, 0) is 42.7 Å². The molecule has 3 aromatic rings. The molecule has 0 spiro atoms. The predicted molar refractivity (Wildman–Crippen MR) is 104 cm³/mol. The Morgan fingerprint density at radius 3 is 2.73 bits per heavy atom. The molecule has 0 aliphatic rings. The first kappa shape index (κ1) is 17.9. The average Bonchev–Trinajstić information content (AvgIpc) is 3.04. The number of nitrogens with zero attached hydrogens (tertiary/aromatic N) is 3. The van der Waals surface area contributed by atoms with Gasteiger partial charge >= 0.3 is 0 Å². The molecule has 1 heterocycles. The van der Waals surface area contributed by atoms with Gasteiger partial charge in [0.25, 0.3) is 0 Å². The second-order valence-corrected chi connectivity index (χ2v) is 6.50. The molecule has 6 heteroatoms. The Bertz CT molecular complexity index is 924. The van der Waals surface area contributed by atoms with Crippen LogP contribution in [-0.2, 0) is 11.3 Å². The third-order valence-electron chi connectivity index (χ3n) is 3.83. The van der Waals surface area contributed by atoms with Gasteiger partial charge in [0.1, 0.15) is 5.69 Å². The quantitative estimate of drug-likeness (QED) is 0.687. The molecule has 1 N–H and O–H groups in total. The molecule has 3 rings (SSSR count). The van der Waals surface area contributed by atoms with E-state index in [1.54, 1.807) is 17.0 Å². The minimum absolute atomic E-state index is 0.267. The second kappa shape index (κ2) is 7.97. The van der Waals surface area contributed by atoms with E-state index in [1.165, 1.54) is 6.08 Å². The van der Waals surface area contributed by atoms with E-state index in [4.69, 9.17) is 11.6 Å². The molecule has 132 valence electrons. The number of anilines is 1. The zero-order valence-electron chi connectivity index (χ0n) is 14.6. The average molecular weight is 367 g/mol. The normalized spacial score (nSPS) is 11.0. The maximum atomic E-state index is 12.2. The van der Waals surface area contributed by atoms with E-state index >= 15 is 0 Å². The summed E-state index contributed by atoms with van der Waals surface area (Å²) >= 11 is 6.21. The lowest BCUT2D eigenvalue weighted by Crippen LogP contribution is -2.09. The van der Waals surface area contributed by atoms with Crippen LogP contribution in [0.3, 0.4) is 0 Å². The molecule has 1 aromatic heterocycles. The zero-order valence-corrected chi connectivity index (χ0v) is 15.4. The van der Waals surface area contributed by atoms with Gasteiger partial charge < -0.3 is 5.32 Å². The van der Waals surface area contributed by atoms with Crippen LogP contribution in [0.15, 0.2) is 54.7 Å². The summed E-state index contributed by atoms with van der Waals surface area (Å²) in [6.45, 7) is 4.50. The van der Waals surface area contributed by atoms with Gasteiger partial charge in [0, 0.05) is 6.08 Å². The summed E-state index contributed by atoms with van der Waals surface area (Å²) in [5.41, 5.74) is 4.35. The lowest BCUT2D eigenvalue weighted by Gasteiger charge is -2.09. The van der Waals surface area contributed by atoms with E-state index in [1.807, 2.05) is 56.3 Å². The Morgan fingerprint density at radius 2 is 2.00 bits per heavy atom. The summed E-state index contributed by atoms with van der Waals surface area (Å²) in [7, 11) is 0. The van der Waals surface area contributed by atoms with Gasteiger partial charge in [0.05, 0.1) is 23.5 Å². The van der Waals surface area contributed by atoms with Crippen LogP contribution in [0.4, 0.5) is 5.69 Å². The molecule has 0 saturated carbocycles. The van der Waals surface area contributed by atoms with Gasteiger partial charge in [-0.2, -0.15) is 0 Å². The van der Waals surface area contributed by atoms with Gasteiger partial charge in [-0.3, -0.25) is 4.79 Å². The lowest BCUT2D eigenvalue weighted by molar-refractivity contribution is -0.111. The van der Waals surface area contributed by atoms with Crippen molar-refractivity contribution in [1.82, 2.24) is 15.0 Å². The molecule has 0 atom stereocenters. The Hall–Kier alpha value is -2.92. The molecular weight excluding hydrogens is 348 g/mol. The molecule has 26 heavy (non-hydrogen) atoms. The summed E-state index contributed by atoms with van der Waals surface area (Å²) in [6, 6.07) is 13.8.